The van der Waals surface area contributed by atoms with E-state index >= 15 is 0 Å². The van der Waals surface area contributed by atoms with Crippen molar-refractivity contribution in [2.75, 3.05) is 6.26 Å². The lowest BCUT2D eigenvalue weighted by molar-refractivity contribution is 0.567. The van der Waals surface area contributed by atoms with Gasteiger partial charge in [-0.15, -0.1) is 0 Å². The molecule has 2 heteroatoms. The van der Waals surface area contributed by atoms with Gasteiger partial charge >= 0.3 is 0 Å². The molecule has 0 rings (SSSR count). The van der Waals surface area contributed by atoms with Crippen molar-refractivity contribution in [1.29, 1.82) is 0 Å². The summed E-state index contributed by atoms with van der Waals surface area (Å²) in [6.07, 6.45) is 5.71. The van der Waals surface area contributed by atoms with Crippen LogP contribution in [0.4, 0.5) is 0 Å². The molecule has 10 heavy (non-hydrogen) atoms. The van der Waals surface area contributed by atoms with E-state index in [0.717, 1.165) is 0 Å². The highest BCUT2D eigenvalue weighted by Gasteiger charge is 2.12. The highest BCUT2D eigenvalue weighted by atomic mass is 32.2. The summed E-state index contributed by atoms with van der Waals surface area (Å²) in [4.78, 5) is 0. The summed E-state index contributed by atoms with van der Waals surface area (Å²) >= 11 is 1.89. The average Bonchev–Trinajstić information content (AvgIpc) is 1.91. The molecule has 62 valence electrons. The SMILES string of the molecule is CCCC(N)C(CC)SC. The zero-order valence-corrected chi connectivity index (χ0v) is 8.08. The summed E-state index contributed by atoms with van der Waals surface area (Å²) in [6.45, 7) is 4.39. The van der Waals surface area contributed by atoms with Crippen molar-refractivity contribution in [3.8, 4) is 0 Å². The van der Waals surface area contributed by atoms with E-state index in [2.05, 4.69) is 20.1 Å². The highest BCUT2D eigenvalue weighted by molar-refractivity contribution is 7.99. The topological polar surface area (TPSA) is 26.0 Å². The molecule has 0 saturated heterocycles. The van der Waals surface area contributed by atoms with Crippen LogP contribution in [0.1, 0.15) is 33.1 Å². The molecular weight excluding hydrogens is 142 g/mol. The largest absolute Gasteiger partial charge is 0.327 e. The van der Waals surface area contributed by atoms with E-state index in [0.29, 0.717) is 11.3 Å². The Kier molecular flexibility index (Phi) is 6.24. The van der Waals surface area contributed by atoms with E-state index in [9.17, 15) is 0 Å². The first-order valence-corrected chi connectivity index (χ1v) is 5.33. The molecule has 0 saturated carbocycles. The van der Waals surface area contributed by atoms with Gasteiger partial charge in [-0.1, -0.05) is 20.3 Å². The Balaban J connectivity index is 3.53. The van der Waals surface area contributed by atoms with Gasteiger partial charge < -0.3 is 5.73 Å². The van der Waals surface area contributed by atoms with Crippen LogP contribution in [0.2, 0.25) is 0 Å². The van der Waals surface area contributed by atoms with Gasteiger partial charge in [0.15, 0.2) is 0 Å². The second kappa shape index (κ2) is 6.05. The molecule has 0 aliphatic heterocycles. The number of rotatable bonds is 5. The Bertz CT molecular complexity index is 71.7. The zero-order valence-electron chi connectivity index (χ0n) is 7.26. The molecule has 0 aromatic carbocycles. The van der Waals surface area contributed by atoms with Crippen LogP contribution in [0.15, 0.2) is 0 Å². The number of hydrogen-bond donors (Lipinski definition) is 1. The lowest BCUT2D eigenvalue weighted by Crippen LogP contribution is -2.31. The number of hydrogen-bond acceptors (Lipinski definition) is 2. The van der Waals surface area contributed by atoms with Gasteiger partial charge in [0, 0.05) is 11.3 Å². The van der Waals surface area contributed by atoms with Gasteiger partial charge in [0.25, 0.3) is 0 Å². The third-order valence-electron chi connectivity index (χ3n) is 1.80. The van der Waals surface area contributed by atoms with Crippen molar-refractivity contribution in [2.45, 2.75) is 44.4 Å². The van der Waals surface area contributed by atoms with Gasteiger partial charge in [0.2, 0.25) is 0 Å². The molecule has 2 atom stereocenters. The fourth-order valence-electron chi connectivity index (χ4n) is 1.16. The third-order valence-corrected chi connectivity index (χ3v) is 3.09. The molecule has 2 unspecified atom stereocenters. The Morgan fingerprint density at radius 2 is 2.00 bits per heavy atom. The Labute approximate surface area is 68.8 Å². The van der Waals surface area contributed by atoms with Crippen LogP contribution in [0.5, 0.6) is 0 Å². The monoisotopic (exact) mass is 161 g/mol. The van der Waals surface area contributed by atoms with Gasteiger partial charge in [-0.25, -0.2) is 0 Å². The van der Waals surface area contributed by atoms with Crippen LogP contribution in [0.3, 0.4) is 0 Å². The van der Waals surface area contributed by atoms with Crippen LogP contribution in [0, 0.1) is 0 Å². The molecule has 2 N–H and O–H groups in total. The van der Waals surface area contributed by atoms with E-state index < -0.39 is 0 Å². The number of thioether (sulfide) groups is 1. The maximum absolute atomic E-state index is 5.93. The number of nitrogens with two attached hydrogens (primary N) is 1. The molecule has 0 bridgehead atoms. The fourth-order valence-corrected chi connectivity index (χ4v) is 1.98. The molecule has 0 aliphatic rings. The lowest BCUT2D eigenvalue weighted by atomic mass is 10.1. The normalized spacial score (nSPS) is 16.8. The van der Waals surface area contributed by atoms with Crippen LogP contribution in [0.25, 0.3) is 0 Å². The van der Waals surface area contributed by atoms with Gasteiger partial charge in [-0.05, 0) is 19.1 Å². The van der Waals surface area contributed by atoms with Gasteiger partial charge in [-0.2, -0.15) is 11.8 Å². The maximum Gasteiger partial charge on any atom is 0.0193 e. The summed E-state index contributed by atoms with van der Waals surface area (Å²) in [6, 6.07) is 0.407. The molecule has 0 aliphatic carbocycles. The van der Waals surface area contributed by atoms with E-state index in [-0.39, 0.29) is 0 Å². The first-order chi connectivity index (χ1) is 4.76. The molecule has 0 amide bonds. The first-order valence-electron chi connectivity index (χ1n) is 4.04. The average molecular weight is 161 g/mol. The molecule has 0 aromatic rings. The van der Waals surface area contributed by atoms with Gasteiger partial charge in [0.05, 0.1) is 0 Å². The van der Waals surface area contributed by atoms with Gasteiger partial charge in [-0.3, -0.25) is 0 Å². The van der Waals surface area contributed by atoms with Crippen LogP contribution >= 0.6 is 11.8 Å². The van der Waals surface area contributed by atoms with Crippen molar-refractivity contribution < 1.29 is 0 Å². The van der Waals surface area contributed by atoms with E-state index in [1.54, 1.807) is 0 Å². The molecule has 0 spiro atoms. The van der Waals surface area contributed by atoms with Crippen LogP contribution in [-0.2, 0) is 0 Å². The summed E-state index contributed by atoms with van der Waals surface area (Å²) in [7, 11) is 0. The first kappa shape index (κ1) is 10.3. The molecule has 0 fully saturated rings. The minimum atomic E-state index is 0.407. The van der Waals surface area contributed by atoms with Crippen LogP contribution in [-0.4, -0.2) is 17.5 Å². The van der Waals surface area contributed by atoms with Crippen molar-refractivity contribution >= 4 is 11.8 Å². The predicted molar refractivity (Wildman–Crippen MR) is 50.5 cm³/mol. The molecular formula is C8H19NS. The minimum Gasteiger partial charge on any atom is -0.327 e. The molecule has 0 heterocycles. The van der Waals surface area contributed by atoms with Crippen molar-refractivity contribution in [2.24, 2.45) is 5.73 Å². The van der Waals surface area contributed by atoms with E-state index in [1.807, 2.05) is 11.8 Å². The third kappa shape index (κ3) is 3.47. The van der Waals surface area contributed by atoms with Crippen LogP contribution < -0.4 is 5.73 Å². The lowest BCUT2D eigenvalue weighted by Gasteiger charge is -2.19. The minimum absolute atomic E-state index is 0.407. The molecule has 0 radical (unpaired) electrons. The fraction of sp³-hybridized carbons (Fsp3) is 1.00. The summed E-state index contributed by atoms with van der Waals surface area (Å²) in [5, 5.41) is 0.667. The van der Waals surface area contributed by atoms with E-state index in [1.165, 1.54) is 19.3 Å². The van der Waals surface area contributed by atoms with Gasteiger partial charge in [0.1, 0.15) is 0 Å². The van der Waals surface area contributed by atoms with Crippen molar-refractivity contribution in [1.82, 2.24) is 0 Å². The smallest absolute Gasteiger partial charge is 0.0193 e. The second-order valence-electron chi connectivity index (χ2n) is 2.63. The van der Waals surface area contributed by atoms with Crippen molar-refractivity contribution in [3.63, 3.8) is 0 Å². The quantitative estimate of drug-likeness (QED) is 0.669. The highest BCUT2D eigenvalue weighted by Crippen LogP contribution is 2.16. The Hall–Kier alpha value is 0.310. The maximum atomic E-state index is 5.93. The Morgan fingerprint density at radius 3 is 2.30 bits per heavy atom. The molecule has 0 aromatic heterocycles. The predicted octanol–water partition coefficient (Wildman–Crippen LogP) is 2.26. The second-order valence-corrected chi connectivity index (χ2v) is 3.71. The summed E-state index contributed by atoms with van der Waals surface area (Å²) in [5.74, 6) is 0. The molecule has 1 nitrogen and oxygen atoms in total. The Morgan fingerprint density at radius 1 is 1.40 bits per heavy atom. The zero-order chi connectivity index (χ0) is 7.98. The van der Waals surface area contributed by atoms with E-state index in [4.69, 9.17) is 5.73 Å². The summed E-state index contributed by atoms with van der Waals surface area (Å²) < 4.78 is 0. The summed E-state index contributed by atoms with van der Waals surface area (Å²) in [5.41, 5.74) is 5.93. The standard InChI is InChI=1S/C8H19NS/c1-4-6-7(9)8(5-2)10-3/h7-8H,4-6,9H2,1-3H3. The van der Waals surface area contributed by atoms with Crippen molar-refractivity contribution in [3.05, 3.63) is 0 Å².